The van der Waals surface area contributed by atoms with E-state index in [0.717, 1.165) is 57.7 Å². The Morgan fingerprint density at radius 1 is 1.10 bits per heavy atom. The second kappa shape index (κ2) is 11.3. The maximum atomic E-state index is 13.0. The number of amides is 1. The molecular formula is C21H31FN4O3. The van der Waals surface area contributed by atoms with Gasteiger partial charge in [-0.05, 0) is 37.0 Å². The van der Waals surface area contributed by atoms with Crippen LogP contribution < -0.4 is 5.32 Å². The van der Waals surface area contributed by atoms with E-state index >= 15 is 0 Å². The molecule has 1 amide bonds. The molecule has 0 saturated carbocycles. The summed E-state index contributed by atoms with van der Waals surface area (Å²) in [5.74, 6) is -0.235. The van der Waals surface area contributed by atoms with Crippen LogP contribution in [0.25, 0.3) is 0 Å². The third-order valence-corrected chi connectivity index (χ3v) is 5.62. The summed E-state index contributed by atoms with van der Waals surface area (Å²) in [6, 6.07) is 6.74. The summed E-state index contributed by atoms with van der Waals surface area (Å²) >= 11 is 0. The fourth-order valence-corrected chi connectivity index (χ4v) is 3.95. The summed E-state index contributed by atoms with van der Waals surface area (Å²) < 4.78 is 19.1. The van der Waals surface area contributed by atoms with Gasteiger partial charge < -0.3 is 10.1 Å². The van der Waals surface area contributed by atoms with Crippen molar-refractivity contribution < 1.29 is 13.9 Å². The number of nitrogens with one attached hydrogen (secondary N) is 1. The SMILES string of the molecule is O=NCCCC(=O)NCC1CCC(CN2CCN(Cc3ccc(F)cc3)CC2)O1. The Kier molecular flexibility index (Phi) is 8.52. The van der Waals surface area contributed by atoms with Crippen LogP contribution in [-0.4, -0.2) is 73.7 Å². The van der Waals surface area contributed by atoms with Crippen LogP contribution in [0, 0.1) is 10.7 Å². The molecule has 0 bridgehead atoms. The first-order chi connectivity index (χ1) is 14.1. The normalized spacial score (nSPS) is 23.2. The number of nitroso groups, excluding NO2 is 1. The minimum Gasteiger partial charge on any atom is -0.372 e. The molecule has 7 nitrogen and oxygen atoms in total. The van der Waals surface area contributed by atoms with Gasteiger partial charge in [0.2, 0.25) is 5.91 Å². The van der Waals surface area contributed by atoms with Crippen LogP contribution in [0.5, 0.6) is 0 Å². The lowest BCUT2D eigenvalue weighted by molar-refractivity contribution is -0.121. The van der Waals surface area contributed by atoms with E-state index in [0.29, 0.717) is 19.4 Å². The summed E-state index contributed by atoms with van der Waals surface area (Å²) in [4.78, 5) is 26.6. The largest absolute Gasteiger partial charge is 0.372 e. The topological polar surface area (TPSA) is 74.2 Å². The van der Waals surface area contributed by atoms with Gasteiger partial charge in [0.15, 0.2) is 0 Å². The highest BCUT2D eigenvalue weighted by atomic mass is 19.1. The molecule has 29 heavy (non-hydrogen) atoms. The fraction of sp³-hybridized carbons (Fsp3) is 0.667. The molecule has 0 spiro atoms. The van der Waals surface area contributed by atoms with Gasteiger partial charge in [-0.15, -0.1) is 0 Å². The quantitative estimate of drug-likeness (QED) is 0.476. The number of halogens is 1. The maximum Gasteiger partial charge on any atom is 0.220 e. The smallest absolute Gasteiger partial charge is 0.220 e. The Hall–Kier alpha value is -1.90. The van der Waals surface area contributed by atoms with Crippen LogP contribution in [0.15, 0.2) is 29.4 Å². The first-order valence-electron chi connectivity index (χ1n) is 10.5. The lowest BCUT2D eigenvalue weighted by Crippen LogP contribution is -2.48. The zero-order valence-corrected chi connectivity index (χ0v) is 16.9. The van der Waals surface area contributed by atoms with Gasteiger partial charge in [0, 0.05) is 52.2 Å². The van der Waals surface area contributed by atoms with Crippen molar-refractivity contribution >= 4 is 5.91 Å². The van der Waals surface area contributed by atoms with Crippen molar-refractivity contribution in [3.8, 4) is 0 Å². The number of piperazine rings is 1. The summed E-state index contributed by atoms with van der Waals surface area (Å²) in [5, 5.41) is 5.65. The van der Waals surface area contributed by atoms with Crippen molar-refractivity contribution in [1.82, 2.24) is 15.1 Å². The van der Waals surface area contributed by atoms with E-state index in [1.54, 1.807) is 0 Å². The molecule has 1 aromatic carbocycles. The van der Waals surface area contributed by atoms with Gasteiger partial charge in [0.25, 0.3) is 0 Å². The predicted molar refractivity (Wildman–Crippen MR) is 109 cm³/mol. The predicted octanol–water partition coefficient (Wildman–Crippen LogP) is 2.15. The summed E-state index contributed by atoms with van der Waals surface area (Å²) in [6.07, 6.45) is 3.12. The zero-order chi connectivity index (χ0) is 20.5. The van der Waals surface area contributed by atoms with Crippen molar-refractivity contribution in [2.24, 2.45) is 5.18 Å². The number of hydrogen-bond acceptors (Lipinski definition) is 6. The van der Waals surface area contributed by atoms with E-state index in [4.69, 9.17) is 4.74 Å². The highest BCUT2D eigenvalue weighted by Crippen LogP contribution is 2.21. The number of carbonyl (C=O) groups excluding carboxylic acids is 1. The standard InChI is InChI=1S/C21H31FN4O3/c22-18-5-3-17(4-6-18)15-25-10-12-26(13-11-25)16-20-8-7-19(29-20)14-23-21(27)2-1-9-24-28/h3-6,19-20H,1-2,7-16H2,(H,23,27). The van der Waals surface area contributed by atoms with E-state index in [1.165, 1.54) is 12.1 Å². The Morgan fingerprint density at radius 3 is 2.52 bits per heavy atom. The maximum absolute atomic E-state index is 13.0. The van der Waals surface area contributed by atoms with Gasteiger partial charge in [-0.3, -0.25) is 14.6 Å². The second-order valence-corrected chi connectivity index (χ2v) is 7.92. The average molecular weight is 407 g/mol. The third-order valence-electron chi connectivity index (χ3n) is 5.62. The van der Waals surface area contributed by atoms with Crippen LogP contribution in [0.2, 0.25) is 0 Å². The summed E-state index contributed by atoms with van der Waals surface area (Å²) in [6.45, 7) is 6.53. The number of hydrogen-bond donors (Lipinski definition) is 1. The molecule has 0 aliphatic carbocycles. The molecule has 2 fully saturated rings. The molecule has 0 radical (unpaired) electrons. The number of nitrogens with zero attached hydrogens (tertiary/aromatic N) is 3. The van der Waals surface area contributed by atoms with Crippen molar-refractivity contribution in [3.63, 3.8) is 0 Å². The van der Waals surface area contributed by atoms with Gasteiger partial charge in [-0.2, -0.15) is 4.91 Å². The Bertz CT molecular complexity index is 650. The van der Waals surface area contributed by atoms with Crippen molar-refractivity contribution in [2.75, 3.05) is 45.8 Å². The van der Waals surface area contributed by atoms with Crippen LogP contribution in [0.3, 0.4) is 0 Å². The minimum absolute atomic E-state index is 0.0435. The van der Waals surface area contributed by atoms with Gasteiger partial charge in [0.1, 0.15) is 5.82 Å². The third kappa shape index (κ3) is 7.45. The van der Waals surface area contributed by atoms with Crippen molar-refractivity contribution in [3.05, 3.63) is 40.6 Å². The van der Waals surface area contributed by atoms with E-state index in [-0.39, 0.29) is 30.5 Å². The van der Waals surface area contributed by atoms with Gasteiger partial charge in [0.05, 0.1) is 18.8 Å². The molecule has 3 rings (SSSR count). The van der Waals surface area contributed by atoms with Crippen LogP contribution in [0.4, 0.5) is 4.39 Å². The van der Waals surface area contributed by atoms with Crippen LogP contribution in [-0.2, 0) is 16.1 Å². The summed E-state index contributed by atoms with van der Waals surface area (Å²) in [5.41, 5.74) is 1.14. The molecule has 2 atom stereocenters. The minimum atomic E-state index is -0.191. The van der Waals surface area contributed by atoms with Crippen LogP contribution >= 0.6 is 0 Å². The van der Waals surface area contributed by atoms with E-state index < -0.39 is 0 Å². The van der Waals surface area contributed by atoms with Gasteiger partial charge >= 0.3 is 0 Å². The highest BCUT2D eigenvalue weighted by Gasteiger charge is 2.28. The van der Waals surface area contributed by atoms with E-state index in [2.05, 4.69) is 20.3 Å². The lowest BCUT2D eigenvalue weighted by atomic mass is 10.1. The molecule has 160 valence electrons. The monoisotopic (exact) mass is 406 g/mol. The molecular weight excluding hydrogens is 375 g/mol. The molecule has 2 unspecified atom stereocenters. The number of benzene rings is 1. The first-order valence-corrected chi connectivity index (χ1v) is 10.5. The zero-order valence-electron chi connectivity index (χ0n) is 16.9. The fourth-order valence-electron chi connectivity index (χ4n) is 3.95. The Labute approximate surface area is 171 Å². The molecule has 8 heteroatoms. The molecule has 1 aromatic rings. The molecule has 2 saturated heterocycles. The molecule has 2 heterocycles. The number of carbonyl (C=O) groups is 1. The van der Waals surface area contributed by atoms with Crippen LogP contribution in [0.1, 0.15) is 31.2 Å². The van der Waals surface area contributed by atoms with Crippen molar-refractivity contribution in [1.29, 1.82) is 0 Å². The van der Waals surface area contributed by atoms with Gasteiger partial charge in [-0.1, -0.05) is 17.3 Å². The first kappa shape index (κ1) is 21.8. The van der Waals surface area contributed by atoms with Gasteiger partial charge in [-0.25, -0.2) is 4.39 Å². The molecule has 2 aliphatic heterocycles. The van der Waals surface area contributed by atoms with E-state index in [1.807, 2.05) is 12.1 Å². The molecule has 0 aromatic heterocycles. The lowest BCUT2D eigenvalue weighted by Gasteiger charge is -2.35. The van der Waals surface area contributed by atoms with E-state index in [9.17, 15) is 14.1 Å². The Morgan fingerprint density at radius 2 is 1.79 bits per heavy atom. The average Bonchev–Trinajstić information content (AvgIpc) is 3.17. The molecule has 2 aliphatic rings. The van der Waals surface area contributed by atoms with Crippen molar-refractivity contribution in [2.45, 2.75) is 44.4 Å². The summed E-state index contributed by atoms with van der Waals surface area (Å²) in [7, 11) is 0. The number of rotatable bonds is 10. The second-order valence-electron chi connectivity index (χ2n) is 7.92. The highest BCUT2D eigenvalue weighted by molar-refractivity contribution is 5.75. The number of ether oxygens (including phenoxy) is 1. The Balaban J connectivity index is 1.29. The molecule has 1 N–H and O–H groups in total.